The molecule has 0 amide bonds. The molecule has 0 saturated carbocycles. The first-order valence-corrected chi connectivity index (χ1v) is 9.92. The van der Waals surface area contributed by atoms with Crippen LogP contribution in [0.2, 0.25) is 0 Å². The van der Waals surface area contributed by atoms with Gasteiger partial charge in [0.1, 0.15) is 0 Å². The summed E-state index contributed by atoms with van der Waals surface area (Å²) in [5.41, 5.74) is 8.28. The van der Waals surface area contributed by atoms with Crippen molar-refractivity contribution < 1.29 is 0 Å². The van der Waals surface area contributed by atoms with Crippen molar-refractivity contribution in [3.63, 3.8) is 0 Å². The van der Waals surface area contributed by atoms with Gasteiger partial charge in [0.15, 0.2) is 0 Å². The van der Waals surface area contributed by atoms with Crippen LogP contribution in [0.5, 0.6) is 0 Å². The fourth-order valence-electron chi connectivity index (χ4n) is 3.82. The quantitative estimate of drug-likeness (QED) is 0.455. The molecule has 0 nitrogen and oxygen atoms in total. The van der Waals surface area contributed by atoms with E-state index in [0.29, 0.717) is 0 Å². The Bertz CT molecular complexity index is 894. The molecule has 0 atom stereocenters. The Hall–Kier alpha value is -2.34. The first-order valence-electron chi connectivity index (χ1n) is 9.92. The molecule has 0 bridgehead atoms. The van der Waals surface area contributed by atoms with Crippen molar-refractivity contribution in [1.29, 1.82) is 0 Å². The third kappa shape index (κ3) is 4.33. The van der Waals surface area contributed by atoms with Crippen molar-refractivity contribution in [2.24, 2.45) is 0 Å². The van der Waals surface area contributed by atoms with Gasteiger partial charge >= 0.3 is 0 Å². The molecule has 3 rings (SSSR count). The molecule has 0 aliphatic heterocycles. The first-order chi connectivity index (χ1) is 12.7. The van der Waals surface area contributed by atoms with Gasteiger partial charge in [-0.05, 0) is 47.9 Å². The van der Waals surface area contributed by atoms with E-state index in [1.807, 2.05) is 0 Å². The molecule has 0 radical (unpaired) electrons. The van der Waals surface area contributed by atoms with Crippen molar-refractivity contribution >= 4 is 0 Å². The minimum absolute atomic E-state index is 0.00227. The van der Waals surface area contributed by atoms with E-state index in [4.69, 9.17) is 0 Å². The number of aryl methyl sites for hydroxylation is 2. The van der Waals surface area contributed by atoms with Gasteiger partial charge in [-0.3, -0.25) is 0 Å². The lowest BCUT2D eigenvalue weighted by molar-refractivity contribution is 0.521. The minimum atomic E-state index is -0.00227. The smallest absolute Gasteiger partial charge is 0.0146 e. The van der Waals surface area contributed by atoms with Crippen LogP contribution in [0.25, 0.3) is 0 Å². The summed E-state index contributed by atoms with van der Waals surface area (Å²) in [5.74, 6) is 0. The van der Waals surface area contributed by atoms with Crippen molar-refractivity contribution in [3.05, 3.63) is 106 Å². The van der Waals surface area contributed by atoms with Gasteiger partial charge < -0.3 is 0 Å². The maximum Gasteiger partial charge on any atom is 0.0146 e. The predicted molar refractivity (Wildman–Crippen MR) is 118 cm³/mol. The molecule has 0 aliphatic carbocycles. The van der Waals surface area contributed by atoms with Gasteiger partial charge in [-0.25, -0.2) is 0 Å². The average Bonchev–Trinajstić information content (AvgIpc) is 2.62. The van der Waals surface area contributed by atoms with Crippen LogP contribution in [-0.2, 0) is 17.3 Å². The lowest BCUT2D eigenvalue weighted by Crippen LogP contribution is -2.22. The highest BCUT2D eigenvalue weighted by atomic mass is 14.3. The van der Waals surface area contributed by atoms with Crippen LogP contribution in [0, 0.1) is 13.8 Å². The molecule has 0 heterocycles. The van der Waals surface area contributed by atoms with E-state index in [1.165, 1.54) is 33.4 Å². The van der Waals surface area contributed by atoms with Crippen LogP contribution in [0.4, 0.5) is 0 Å². The zero-order valence-corrected chi connectivity index (χ0v) is 17.6. The van der Waals surface area contributed by atoms with Gasteiger partial charge in [0.2, 0.25) is 0 Å². The minimum Gasteiger partial charge on any atom is -0.0617 e. The second kappa shape index (κ2) is 7.35. The molecule has 3 aromatic carbocycles. The normalized spacial score (nSPS) is 12.2. The second-order valence-corrected chi connectivity index (χ2v) is 9.12. The lowest BCUT2D eigenvalue weighted by atomic mass is 9.75. The van der Waals surface area contributed by atoms with E-state index < -0.39 is 0 Å². The number of hydrogen-bond acceptors (Lipinski definition) is 0. The van der Waals surface area contributed by atoms with Crippen molar-refractivity contribution in [2.75, 3.05) is 0 Å². The molecule has 0 fully saturated rings. The van der Waals surface area contributed by atoms with Gasteiger partial charge in [0.25, 0.3) is 0 Å². The van der Waals surface area contributed by atoms with Gasteiger partial charge in [0, 0.05) is 5.41 Å². The van der Waals surface area contributed by atoms with E-state index >= 15 is 0 Å². The van der Waals surface area contributed by atoms with Gasteiger partial charge in [0.05, 0.1) is 0 Å². The Morgan fingerprint density at radius 2 is 1.11 bits per heavy atom. The molecule has 27 heavy (non-hydrogen) atoms. The van der Waals surface area contributed by atoms with Gasteiger partial charge in [-0.15, -0.1) is 0 Å². The highest BCUT2D eigenvalue weighted by molar-refractivity contribution is 5.41. The SMILES string of the molecule is Cc1ccc(C(C)(C)Cc2cccc(C(C)(C)c3ccc(C)cc3)c2)cc1. The Labute approximate surface area is 165 Å². The summed E-state index contributed by atoms with van der Waals surface area (Å²) in [6.07, 6.45) is 1.04. The van der Waals surface area contributed by atoms with Crippen LogP contribution in [0.15, 0.2) is 72.8 Å². The second-order valence-electron chi connectivity index (χ2n) is 9.12. The molecular weight excluding hydrogens is 324 g/mol. The summed E-state index contributed by atoms with van der Waals surface area (Å²) < 4.78 is 0. The van der Waals surface area contributed by atoms with E-state index in [-0.39, 0.29) is 10.8 Å². The largest absolute Gasteiger partial charge is 0.0617 e. The van der Waals surface area contributed by atoms with Crippen molar-refractivity contribution in [3.8, 4) is 0 Å². The topological polar surface area (TPSA) is 0 Å². The molecule has 3 aromatic rings. The summed E-state index contributed by atoms with van der Waals surface area (Å²) >= 11 is 0. The van der Waals surface area contributed by atoms with E-state index in [2.05, 4.69) is 114 Å². The number of benzene rings is 3. The Morgan fingerprint density at radius 1 is 0.593 bits per heavy atom. The van der Waals surface area contributed by atoms with Crippen molar-refractivity contribution in [2.45, 2.75) is 58.8 Å². The maximum atomic E-state index is 2.40. The number of rotatable bonds is 5. The molecule has 140 valence electrons. The lowest BCUT2D eigenvalue weighted by Gasteiger charge is -2.29. The maximum absolute atomic E-state index is 2.40. The zero-order valence-electron chi connectivity index (χ0n) is 17.6. The molecule has 0 aromatic heterocycles. The predicted octanol–water partition coefficient (Wildman–Crippen LogP) is 7.15. The van der Waals surface area contributed by atoms with Gasteiger partial charge in [-0.1, -0.05) is 112 Å². The van der Waals surface area contributed by atoms with Crippen LogP contribution in [0.3, 0.4) is 0 Å². The summed E-state index contributed by atoms with van der Waals surface area (Å²) in [6.45, 7) is 13.6. The Balaban J connectivity index is 1.89. The fourth-order valence-corrected chi connectivity index (χ4v) is 3.82. The van der Waals surface area contributed by atoms with Crippen LogP contribution in [0.1, 0.15) is 61.1 Å². The highest BCUT2D eigenvalue weighted by Gasteiger charge is 2.25. The molecule has 0 N–H and O–H groups in total. The van der Waals surface area contributed by atoms with E-state index in [1.54, 1.807) is 0 Å². The summed E-state index contributed by atoms with van der Waals surface area (Å²) in [7, 11) is 0. The average molecular weight is 357 g/mol. The van der Waals surface area contributed by atoms with E-state index in [0.717, 1.165) is 6.42 Å². The fraction of sp³-hybridized carbons (Fsp3) is 0.333. The Kier molecular flexibility index (Phi) is 5.29. The third-order valence-electron chi connectivity index (χ3n) is 5.90. The molecule has 0 spiro atoms. The molecule has 0 unspecified atom stereocenters. The number of hydrogen-bond donors (Lipinski definition) is 0. The van der Waals surface area contributed by atoms with Crippen LogP contribution < -0.4 is 0 Å². The zero-order chi connectivity index (χ0) is 19.7. The first kappa shape index (κ1) is 19.4. The van der Waals surface area contributed by atoms with E-state index in [9.17, 15) is 0 Å². The third-order valence-corrected chi connectivity index (χ3v) is 5.90. The highest BCUT2D eigenvalue weighted by Crippen LogP contribution is 2.34. The van der Waals surface area contributed by atoms with Crippen LogP contribution in [-0.4, -0.2) is 0 Å². The van der Waals surface area contributed by atoms with Crippen LogP contribution >= 0.6 is 0 Å². The van der Waals surface area contributed by atoms with Gasteiger partial charge in [-0.2, -0.15) is 0 Å². The summed E-state index contributed by atoms with van der Waals surface area (Å²) in [4.78, 5) is 0. The Morgan fingerprint density at radius 3 is 1.67 bits per heavy atom. The standard InChI is InChI=1S/C27H32/c1-20-10-14-23(15-11-20)26(3,4)19-22-8-7-9-25(18-22)27(5,6)24-16-12-21(2)13-17-24/h7-18H,19H2,1-6H3. The molecule has 0 heteroatoms. The molecule has 0 saturated heterocycles. The molecular formula is C27H32. The summed E-state index contributed by atoms with van der Waals surface area (Å²) in [5, 5.41) is 0. The molecule has 0 aliphatic rings. The monoisotopic (exact) mass is 356 g/mol. The summed E-state index contributed by atoms with van der Waals surface area (Å²) in [6, 6.07) is 27.1. The van der Waals surface area contributed by atoms with Crippen molar-refractivity contribution in [1.82, 2.24) is 0 Å².